The Kier molecular flexibility index (Phi) is 8.00. The van der Waals surface area contributed by atoms with Gasteiger partial charge in [0.1, 0.15) is 17.7 Å². The van der Waals surface area contributed by atoms with Crippen LogP contribution in [0.3, 0.4) is 0 Å². The van der Waals surface area contributed by atoms with Gasteiger partial charge in [0.15, 0.2) is 6.10 Å². The van der Waals surface area contributed by atoms with Gasteiger partial charge in [0.05, 0.1) is 24.6 Å². The normalized spacial score (nSPS) is 24.3. The molecule has 1 N–H and O–H groups in total. The minimum absolute atomic E-state index is 0.0574. The van der Waals surface area contributed by atoms with Crippen molar-refractivity contribution in [1.82, 2.24) is 19.4 Å². The van der Waals surface area contributed by atoms with Gasteiger partial charge in [0.2, 0.25) is 0 Å². The van der Waals surface area contributed by atoms with Crippen molar-refractivity contribution in [1.29, 1.82) is 0 Å². The molecular weight excluding hydrogens is 539 g/mol. The van der Waals surface area contributed by atoms with Gasteiger partial charge in [0.25, 0.3) is 10.0 Å². The molecular formula is C23H27F5N4O5S. The topological polar surface area (TPSA) is 103 Å². The van der Waals surface area contributed by atoms with Crippen LogP contribution in [-0.2, 0) is 32.6 Å². The number of nitrogens with zero attached hydrogens (tertiary/aromatic N) is 3. The molecule has 1 fully saturated rings. The first kappa shape index (κ1) is 28.2. The van der Waals surface area contributed by atoms with Crippen LogP contribution < -0.4 is 5.32 Å². The Labute approximate surface area is 215 Å². The lowest BCUT2D eigenvalue weighted by atomic mass is 9.88. The summed E-state index contributed by atoms with van der Waals surface area (Å²) in [6.45, 7) is 1.78. The van der Waals surface area contributed by atoms with E-state index in [0.717, 1.165) is 35.0 Å². The zero-order valence-electron chi connectivity index (χ0n) is 20.5. The minimum Gasteiger partial charge on any atom is -0.450 e. The first-order valence-electron chi connectivity index (χ1n) is 11.9. The van der Waals surface area contributed by atoms with E-state index in [4.69, 9.17) is 9.47 Å². The summed E-state index contributed by atoms with van der Waals surface area (Å²) in [5.74, 6) is -1.87. The molecule has 1 aromatic heterocycles. The van der Waals surface area contributed by atoms with Crippen LogP contribution >= 0.6 is 0 Å². The van der Waals surface area contributed by atoms with Crippen molar-refractivity contribution < 1.29 is 44.6 Å². The summed E-state index contributed by atoms with van der Waals surface area (Å²) in [6, 6.07) is -0.217. The molecule has 0 bridgehead atoms. The van der Waals surface area contributed by atoms with Gasteiger partial charge in [0, 0.05) is 36.5 Å². The maximum absolute atomic E-state index is 14.7. The van der Waals surface area contributed by atoms with Crippen LogP contribution in [0.2, 0.25) is 0 Å². The highest BCUT2D eigenvalue weighted by atomic mass is 32.2. The largest absolute Gasteiger partial charge is 0.450 e. The van der Waals surface area contributed by atoms with Crippen LogP contribution in [0.5, 0.6) is 0 Å². The number of carbonyl (C=O) groups is 1. The number of hydrogen-bond acceptors (Lipinski definition) is 7. The fraction of sp³-hybridized carbons (Fsp3) is 0.565. The van der Waals surface area contributed by atoms with E-state index in [1.165, 1.54) is 11.1 Å². The number of hydrogen-bond donors (Lipinski definition) is 1. The summed E-state index contributed by atoms with van der Waals surface area (Å²) in [6.07, 6.45) is -6.76. The molecule has 4 atom stereocenters. The zero-order valence-corrected chi connectivity index (χ0v) is 21.4. The van der Waals surface area contributed by atoms with Gasteiger partial charge in [-0.05, 0) is 31.0 Å². The Morgan fingerprint density at radius 3 is 2.63 bits per heavy atom. The Hall–Kier alpha value is -2.78. The third-order valence-corrected chi connectivity index (χ3v) is 7.38. The molecule has 210 valence electrons. The van der Waals surface area contributed by atoms with Crippen LogP contribution in [-0.4, -0.2) is 65.8 Å². The summed E-state index contributed by atoms with van der Waals surface area (Å²) < 4.78 is 106. The van der Waals surface area contributed by atoms with Crippen molar-refractivity contribution in [2.75, 3.05) is 12.9 Å². The fourth-order valence-corrected chi connectivity index (χ4v) is 5.27. The van der Waals surface area contributed by atoms with E-state index in [2.05, 4.69) is 10.4 Å². The van der Waals surface area contributed by atoms with Crippen molar-refractivity contribution in [3.63, 3.8) is 0 Å². The molecule has 38 heavy (non-hydrogen) atoms. The smallest absolute Gasteiger partial charge is 0.416 e. The monoisotopic (exact) mass is 566 g/mol. The van der Waals surface area contributed by atoms with Crippen LogP contribution in [0.1, 0.15) is 49.1 Å². The summed E-state index contributed by atoms with van der Waals surface area (Å²) in [4.78, 5) is 13.8. The second kappa shape index (κ2) is 10.8. The number of nitrogens with one attached hydrogen (secondary N) is 1. The number of unbranched alkanes of at least 4 members (excludes halogenated alkanes) is 1. The van der Waals surface area contributed by atoms with E-state index in [-0.39, 0.29) is 31.8 Å². The van der Waals surface area contributed by atoms with Gasteiger partial charge in [-0.3, -0.25) is 4.90 Å². The van der Waals surface area contributed by atoms with E-state index >= 15 is 0 Å². The number of amides is 1. The number of carbonyl (C=O) groups excluding carboxylic acids is 1. The number of rotatable bonds is 7. The Bertz CT molecular complexity index is 1260. The molecule has 2 aliphatic rings. The molecule has 0 aliphatic carbocycles. The maximum atomic E-state index is 14.7. The number of halogens is 5. The predicted molar refractivity (Wildman–Crippen MR) is 123 cm³/mol. The molecule has 15 heteroatoms. The summed E-state index contributed by atoms with van der Waals surface area (Å²) in [5, 5.41) is 6.45. The molecule has 2 aliphatic heterocycles. The minimum atomic E-state index is -4.90. The van der Waals surface area contributed by atoms with Crippen LogP contribution in [0.4, 0.5) is 26.7 Å². The van der Waals surface area contributed by atoms with Gasteiger partial charge in [-0.2, -0.15) is 22.4 Å². The zero-order chi connectivity index (χ0) is 27.8. The Morgan fingerprint density at radius 2 is 2.00 bits per heavy atom. The lowest BCUT2D eigenvalue weighted by molar-refractivity contribution is -0.270. The molecule has 1 amide bonds. The molecule has 1 aromatic carbocycles. The lowest BCUT2D eigenvalue weighted by Crippen LogP contribution is -2.59. The van der Waals surface area contributed by atoms with E-state index in [0.29, 0.717) is 12.0 Å². The van der Waals surface area contributed by atoms with Gasteiger partial charge in [-0.15, -0.1) is 0 Å². The first-order valence-corrected chi connectivity index (χ1v) is 13.7. The van der Waals surface area contributed by atoms with Gasteiger partial charge in [-0.1, -0.05) is 13.3 Å². The molecule has 3 heterocycles. The maximum Gasteiger partial charge on any atom is 0.416 e. The molecule has 1 saturated heterocycles. The number of benzene rings is 1. The van der Waals surface area contributed by atoms with E-state index in [9.17, 15) is 35.2 Å². The van der Waals surface area contributed by atoms with Crippen LogP contribution in [0.15, 0.2) is 24.4 Å². The number of alkyl carbamates (subject to hydrolysis) is 1. The average molecular weight is 567 g/mol. The van der Waals surface area contributed by atoms with Crippen molar-refractivity contribution in [3.8, 4) is 0 Å². The van der Waals surface area contributed by atoms with Crippen molar-refractivity contribution >= 4 is 16.1 Å². The summed E-state index contributed by atoms with van der Waals surface area (Å²) in [5.41, 5.74) is 0.252. The predicted octanol–water partition coefficient (Wildman–Crippen LogP) is 3.64. The number of ether oxygens (including phenoxy) is 2. The van der Waals surface area contributed by atoms with E-state index < -0.39 is 63.8 Å². The van der Waals surface area contributed by atoms with E-state index in [1.54, 1.807) is 0 Å². The Balaban J connectivity index is 1.64. The molecule has 0 spiro atoms. The second-order valence-electron chi connectivity index (χ2n) is 9.37. The molecule has 0 unspecified atom stereocenters. The highest BCUT2D eigenvalue weighted by Crippen LogP contribution is 2.43. The number of aromatic nitrogens is 2. The van der Waals surface area contributed by atoms with Crippen molar-refractivity contribution in [2.45, 2.75) is 69.7 Å². The molecule has 9 nitrogen and oxygen atoms in total. The lowest BCUT2D eigenvalue weighted by Gasteiger charge is -2.45. The summed E-state index contributed by atoms with van der Waals surface area (Å²) >= 11 is 0. The van der Waals surface area contributed by atoms with Gasteiger partial charge in [-0.25, -0.2) is 22.0 Å². The first-order chi connectivity index (χ1) is 17.8. The Morgan fingerprint density at radius 1 is 1.26 bits per heavy atom. The van der Waals surface area contributed by atoms with Crippen LogP contribution in [0, 0.1) is 11.6 Å². The van der Waals surface area contributed by atoms with Crippen molar-refractivity contribution in [2.24, 2.45) is 0 Å². The van der Waals surface area contributed by atoms with Crippen molar-refractivity contribution in [3.05, 3.63) is 52.9 Å². The van der Waals surface area contributed by atoms with Crippen LogP contribution in [0.25, 0.3) is 0 Å². The van der Waals surface area contributed by atoms with E-state index in [1.807, 2.05) is 6.92 Å². The second-order valence-corrected chi connectivity index (χ2v) is 11.2. The molecule has 4 rings (SSSR count). The molecule has 0 radical (unpaired) electrons. The third kappa shape index (κ3) is 6.10. The fourth-order valence-electron chi connectivity index (χ4n) is 4.70. The standard InChI is InChI=1S/C23H27F5N4O5S/c1-3-4-7-36-22(33)29-17-9-19(31-10-13-11-32(38(2,34)35)30-18(13)12-31)21(23(26,27)28)37-20(17)15-8-14(24)5-6-16(15)25/h5-6,8,11,17,19-21H,3-4,7,9-10,12H2,1-2H3,(H,29,33)/t17-,19+,20+,21-/m0/s1. The highest BCUT2D eigenvalue weighted by molar-refractivity contribution is 7.89. The SMILES string of the molecule is CCCCOC(=O)N[C@H]1C[C@@H](N2Cc3cn(S(C)(=O)=O)nc3C2)[C@@H](C(F)(F)F)O[C@@H]1c1cc(F)ccc1F. The number of fused-ring (bicyclic) bond motifs is 1. The average Bonchev–Trinajstić information content (AvgIpc) is 3.40. The number of alkyl halides is 3. The van der Waals surface area contributed by atoms with Gasteiger partial charge >= 0.3 is 12.3 Å². The highest BCUT2D eigenvalue weighted by Gasteiger charge is 2.55. The molecule has 2 aromatic rings. The quantitative estimate of drug-likeness (QED) is 0.403. The third-order valence-electron chi connectivity index (χ3n) is 6.52. The molecule has 0 saturated carbocycles. The van der Waals surface area contributed by atoms with Gasteiger partial charge < -0.3 is 14.8 Å². The summed E-state index contributed by atoms with van der Waals surface area (Å²) in [7, 11) is -3.68.